The Hall–Kier alpha value is -1.94. The zero-order chi connectivity index (χ0) is 13.7. The van der Waals surface area contributed by atoms with Crippen molar-refractivity contribution in [2.24, 2.45) is 0 Å². The Bertz CT molecular complexity index is 561. The van der Waals surface area contributed by atoms with Crippen molar-refractivity contribution in [1.29, 1.82) is 0 Å². The van der Waals surface area contributed by atoms with E-state index in [0.717, 1.165) is 11.3 Å². The fourth-order valence-corrected chi connectivity index (χ4v) is 1.89. The van der Waals surface area contributed by atoms with Crippen LogP contribution in [-0.2, 0) is 6.54 Å². The van der Waals surface area contributed by atoms with Crippen LogP contribution in [0.3, 0.4) is 0 Å². The smallest absolute Gasteiger partial charge is 0.161 e. The van der Waals surface area contributed by atoms with E-state index in [1.807, 2.05) is 30.3 Å². The third-order valence-electron chi connectivity index (χ3n) is 2.69. The number of aromatic nitrogens is 1. The van der Waals surface area contributed by atoms with E-state index in [9.17, 15) is 0 Å². The molecular weight excluding hydrogens is 264 g/mol. The van der Waals surface area contributed by atoms with Gasteiger partial charge in [-0.25, -0.2) is 4.98 Å². The summed E-state index contributed by atoms with van der Waals surface area (Å²) in [6, 6.07) is 9.49. The lowest BCUT2D eigenvalue weighted by Gasteiger charge is -2.11. The van der Waals surface area contributed by atoms with Gasteiger partial charge in [0.25, 0.3) is 0 Å². The minimum atomic E-state index is 0.461. The van der Waals surface area contributed by atoms with Gasteiger partial charge in [0, 0.05) is 12.7 Å². The standard InChI is InChI=1S/C14H15ClN2O2/c1-18-12-6-5-10(8-13(12)19-2)9-17-11-4-3-7-16-14(11)15/h3-8,17H,9H2,1-2H3. The SMILES string of the molecule is COc1ccc(CNc2cccnc2Cl)cc1OC. The van der Waals surface area contributed by atoms with E-state index in [1.165, 1.54) is 0 Å². The van der Waals surface area contributed by atoms with Crippen LogP contribution in [0, 0.1) is 0 Å². The largest absolute Gasteiger partial charge is 0.493 e. The number of benzene rings is 1. The van der Waals surface area contributed by atoms with Gasteiger partial charge in [0.05, 0.1) is 19.9 Å². The summed E-state index contributed by atoms with van der Waals surface area (Å²) in [4.78, 5) is 4.01. The van der Waals surface area contributed by atoms with Crippen LogP contribution in [0.25, 0.3) is 0 Å². The lowest BCUT2D eigenvalue weighted by molar-refractivity contribution is 0.354. The number of hydrogen-bond acceptors (Lipinski definition) is 4. The van der Waals surface area contributed by atoms with Crippen molar-refractivity contribution in [3.8, 4) is 11.5 Å². The van der Waals surface area contributed by atoms with Crippen molar-refractivity contribution >= 4 is 17.3 Å². The van der Waals surface area contributed by atoms with E-state index in [1.54, 1.807) is 20.4 Å². The molecule has 1 aromatic heterocycles. The Morgan fingerprint density at radius 1 is 1.16 bits per heavy atom. The van der Waals surface area contributed by atoms with Crippen LogP contribution in [0.4, 0.5) is 5.69 Å². The second-order valence-corrected chi connectivity index (χ2v) is 4.24. The second-order valence-electron chi connectivity index (χ2n) is 3.88. The van der Waals surface area contributed by atoms with Gasteiger partial charge in [0.2, 0.25) is 0 Å². The van der Waals surface area contributed by atoms with Crippen LogP contribution < -0.4 is 14.8 Å². The zero-order valence-electron chi connectivity index (χ0n) is 10.8. The number of hydrogen-bond donors (Lipinski definition) is 1. The molecule has 0 spiro atoms. The molecule has 0 aliphatic carbocycles. The molecule has 2 rings (SSSR count). The van der Waals surface area contributed by atoms with Gasteiger partial charge in [0.15, 0.2) is 16.7 Å². The summed E-state index contributed by atoms with van der Waals surface area (Å²) in [5.74, 6) is 1.42. The van der Waals surface area contributed by atoms with Gasteiger partial charge in [-0.2, -0.15) is 0 Å². The molecule has 0 saturated carbocycles. The quantitative estimate of drug-likeness (QED) is 0.852. The summed E-state index contributed by atoms with van der Waals surface area (Å²) in [5, 5.41) is 3.69. The first-order valence-electron chi connectivity index (χ1n) is 5.80. The van der Waals surface area contributed by atoms with E-state index in [-0.39, 0.29) is 0 Å². The average Bonchev–Trinajstić information content (AvgIpc) is 2.46. The van der Waals surface area contributed by atoms with Gasteiger partial charge in [-0.3, -0.25) is 0 Å². The molecular formula is C14H15ClN2O2. The van der Waals surface area contributed by atoms with Crippen molar-refractivity contribution in [2.75, 3.05) is 19.5 Å². The molecule has 0 radical (unpaired) electrons. The molecule has 0 aliphatic rings. The van der Waals surface area contributed by atoms with Gasteiger partial charge in [0.1, 0.15) is 0 Å². The summed E-state index contributed by atoms with van der Waals surface area (Å²) < 4.78 is 10.5. The third-order valence-corrected chi connectivity index (χ3v) is 2.99. The normalized spacial score (nSPS) is 10.1. The maximum Gasteiger partial charge on any atom is 0.161 e. The summed E-state index contributed by atoms with van der Waals surface area (Å²) in [6.45, 7) is 0.631. The van der Waals surface area contributed by atoms with Crippen molar-refractivity contribution < 1.29 is 9.47 Å². The summed E-state index contributed by atoms with van der Waals surface area (Å²) in [6.07, 6.45) is 1.66. The molecule has 4 nitrogen and oxygen atoms in total. The van der Waals surface area contributed by atoms with Crippen LogP contribution in [0.15, 0.2) is 36.5 Å². The van der Waals surface area contributed by atoms with Crippen molar-refractivity contribution in [2.45, 2.75) is 6.54 Å². The van der Waals surface area contributed by atoms with Crippen LogP contribution in [-0.4, -0.2) is 19.2 Å². The van der Waals surface area contributed by atoms with Gasteiger partial charge >= 0.3 is 0 Å². The summed E-state index contributed by atoms with van der Waals surface area (Å²) in [5.41, 5.74) is 1.87. The average molecular weight is 279 g/mol. The number of nitrogens with zero attached hydrogens (tertiary/aromatic N) is 1. The molecule has 0 bridgehead atoms. The molecule has 0 atom stereocenters. The molecule has 2 aromatic rings. The van der Waals surface area contributed by atoms with E-state index in [0.29, 0.717) is 23.2 Å². The van der Waals surface area contributed by atoms with E-state index in [4.69, 9.17) is 21.1 Å². The van der Waals surface area contributed by atoms with E-state index >= 15 is 0 Å². The number of methoxy groups -OCH3 is 2. The van der Waals surface area contributed by atoms with Crippen LogP contribution in [0.2, 0.25) is 5.15 Å². The Kier molecular flexibility index (Phi) is 4.47. The van der Waals surface area contributed by atoms with Crippen LogP contribution in [0.1, 0.15) is 5.56 Å². The fraction of sp³-hybridized carbons (Fsp3) is 0.214. The highest BCUT2D eigenvalue weighted by Gasteiger charge is 2.05. The number of anilines is 1. The number of pyridine rings is 1. The maximum atomic E-state index is 5.98. The van der Waals surface area contributed by atoms with Gasteiger partial charge in [-0.05, 0) is 29.8 Å². The fourth-order valence-electron chi connectivity index (χ4n) is 1.71. The topological polar surface area (TPSA) is 43.4 Å². The Morgan fingerprint density at radius 2 is 1.95 bits per heavy atom. The van der Waals surface area contributed by atoms with Gasteiger partial charge in [-0.1, -0.05) is 17.7 Å². The van der Waals surface area contributed by atoms with Crippen molar-refractivity contribution in [1.82, 2.24) is 4.98 Å². The lowest BCUT2D eigenvalue weighted by Crippen LogP contribution is -2.01. The highest BCUT2D eigenvalue weighted by molar-refractivity contribution is 6.31. The van der Waals surface area contributed by atoms with Crippen molar-refractivity contribution in [3.63, 3.8) is 0 Å². The van der Waals surface area contributed by atoms with Crippen LogP contribution >= 0.6 is 11.6 Å². The molecule has 19 heavy (non-hydrogen) atoms. The predicted molar refractivity (Wildman–Crippen MR) is 76.1 cm³/mol. The van der Waals surface area contributed by atoms with E-state index < -0.39 is 0 Å². The predicted octanol–water partition coefficient (Wildman–Crippen LogP) is 3.36. The molecule has 0 saturated heterocycles. The number of nitrogens with one attached hydrogen (secondary N) is 1. The van der Waals surface area contributed by atoms with Crippen molar-refractivity contribution in [3.05, 3.63) is 47.2 Å². The highest BCUT2D eigenvalue weighted by atomic mass is 35.5. The first kappa shape index (κ1) is 13.5. The zero-order valence-corrected chi connectivity index (χ0v) is 11.6. The van der Waals surface area contributed by atoms with Gasteiger partial charge < -0.3 is 14.8 Å². The summed E-state index contributed by atoms with van der Waals surface area (Å²) in [7, 11) is 3.23. The van der Waals surface area contributed by atoms with E-state index in [2.05, 4.69) is 10.3 Å². The number of ether oxygens (including phenoxy) is 2. The molecule has 1 aromatic carbocycles. The Morgan fingerprint density at radius 3 is 2.63 bits per heavy atom. The lowest BCUT2D eigenvalue weighted by atomic mass is 10.2. The molecule has 0 unspecified atom stereocenters. The minimum absolute atomic E-state index is 0.461. The van der Waals surface area contributed by atoms with Gasteiger partial charge in [-0.15, -0.1) is 0 Å². The Labute approximate surface area is 117 Å². The maximum absolute atomic E-state index is 5.98. The third kappa shape index (κ3) is 3.29. The first-order chi connectivity index (χ1) is 9.24. The molecule has 1 heterocycles. The monoisotopic (exact) mass is 278 g/mol. The molecule has 0 aliphatic heterocycles. The first-order valence-corrected chi connectivity index (χ1v) is 6.17. The minimum Gasteiger partial charge on any atom is -0.493 e. The second kappa shape index (κ2) is 6.29. The molecule has 0 fully saturated rings. The van der Waals surface area contributed by atoms with Crippen LogP contribution in [0.5, 0.6) is 11.5 Å². The summed E-state index contributed by atoms with van der Waals surface area (Å²) >= 11 is 5.98. The highest BCUT2D eigenvalue weighted by Crippen LogP contribution is 2.28. The molecule has 1 N–H and O–H groups in total. The number of halogens is 1. The Balaban J connectivity index is 2.10. The number of rotatable bonds is 5. The molecule has 5 heteroatoms. The molecule has 100 valence electrons. The molecule has 0 amide bonds.